The summed E-state index contributed by atoms with van der Waals surface area (Å²) in [7, 11) is 0. The molecule has 1 unspecified atom stereocenters. The number of thiophene rings is 4. The highest BCUT2D eigenvalue weighted by Crippen LogP contribution is 2.46. The van der Waals surface area contributed by atoms with Crippen molar-refractivity contribution in [2.24, 2.45) is 0 Å². The molecule has 0 saturated heterocycles. The van der Waals surface area contributed by atoms with Crippen molar-refractivity contribution in [1.29, 1.82) is 0 Å². The largest absolute Gasteiger partial charge is 0.139 e. The van der Waals surface area contributed by atoms with Gasteiger partial charge in [-0.25, -0.2) is 0 Å². The molecule has 0 aromatic carbocycles. The van der Waals surface area contributed by atoms with E-state index in [0.29, 0.717) is 3.92 Å². The fourth-order valence-corrected chi connectivity index (χ4v) is 8.34. The Hall–Kier alpha value is -0.470. The van der Waals surface area contributed by atoms with Gasteiger partial charge in [0.05, 0.1) is 0 Å². The molecule has 0 bridgehead atoms. The molecule has 4 rings (SSSR count). The van der Waals surface area contributed by atoms with Crippen LogP contribution in [-0.4, -0.2) is 0 Å². The predicted molar refractivity (Wildman–Crippen MR) is 131 cm³/mol. The molecule has 1 atom stereocenters. The number of hydrogen-bond acceptors (Lipinski definition) is 4. The van der Waals surface area contributed by atoms with E-state index in [4.69, 9.17) is 0 Å². The molecule has 134 valence electrons. The maximum Gasteiger partial charge on any atom is 0.0488 e. The standard InChI is InChI=1S/C21H19IS4/c1-11-9-12(2)23-20(11)18-7-5-16(25-18)17-6-8-19(26-17)21-15(14(4)22)10-13(3)24-21/h5-10,14H,1-4H3. The molecule has 0 saturated carbocycles. The Morgan fingerprint density at radius 1 is 0.692 bits per heavy atom. The van der Waals surface area contributed by atoms with Crippen LogP contribution in [0.5, 0.6) is 0 Å². The summed E-state index contributed by atoms with van der Waals surface area (Å²) in [6.07, 6.45) is 0. The van der Waals surface area contributed by atoms with Crippen molar-refractivity contribution in [2.75, 3.05) is 0 Å². The van der Waals surface area contributed by atoms with Crippen LogP contribution in [0.1, 0.15) is 31.7 Å². The van der Waals surface area contributed by atoms with Gasteiger partial charge in [-0.1, -0.05) is 22.6 Å². The van der Waals surface area contributed by atoms with E-state index in [-0.39, 0.29) is 0 Å². The van der Waals surface area contributed by atoms with Crippen molar-refractivity contribution in [1.82, 2.24) is 0 Å². The van der Waals surface area contributed by atoms with Gasteiger partial charge in [0.2, 0.25) is 0 Å². The van der Waals surface area contributed by atoms with Crippen molar-refractivity contribution in [3.05, 3.63) is 57.3 Å². The van der Waals surface area contributed by atoms with Crippen LogP contribution in [0.3, 0.4) is 0 Å². The molecule has 0 aliphatic rings. The lowest BCUT2D eigenvalue weighted by molar-refractivity contribution is 1.16. The van der Waals surface area contributed by atoms with Crippen molar-refractivity contribution >= 4 is 67.9 Å². The van der Waals surface area contributed by atoms with E-state index in [9.17, 15) is 0 Å². The van der Waals surface area contributed by atoms with Gasteiger partial charge in [0.25, 0.3) is 0 Å². The van der Waals surface area contributed by atoms with Crippen molar-refractivity contribution in [3.8, 4) is 29.3 Å². The Morgan fingerprint density at radius 2 is 1.19 bits per heavy atom. The van der Waals surface area contributed by atoms with Crippen LogP contribution in [0.4, 0.5) is 0 Å². The van der Waals surface area contributed by atoms with Crippen LogP contribution in [0.25, 0.3) is 29.3 Å². The summed E-state index contributed by atoms with van der Waals surface area (Å²) >= 11 is 10.2. The van der Waals surface area contributed by atoms with E-state index >= 15 is 0 Å². The van der Waals surface area contributed by atoms with Crippen molar-refractivity contribution in [2.45, 2.75) is 31.6 Å². The first-order valence-corrected chi connectivity index (χ1v) is 13.0. The second-order valence-electron chi connectivity index (χ2n) is 6.45. The lowest BCUT2D eigenvalue weighted by Gasteiger charge is -2.03. The van der Waals surface area contributed by atoms with E-state index in [1.165, 1.54) is 50.1 Å². The lowest BCUT2D eigenvalue weighted by atomic mass is 10.2. The van der Waals surface area contributed by atoms with Crippen LogP contribution in [0.2, 0.25) is 0 Å². The molecule has 4 aromatic heterocycles. The van der Waals surface area contributed by atoms with Crippen molar-refractivity contribution < 1.29 is 0 Å². The maximum atomic E-state index is 2.52. The summed E-state index contributed by atoms with van der Waals surface area (Å²) in [6, 6.07) is 13.8. The number of aryl methyl sites for hydroxylation is 3. The number of halogens is 1. The Balaban J connectivity index is 1.68. The molecule has 26 heavy (non-hydrogen) atoms. The molecular weight excluding hydrogens is 507 g/mol. The molecule has 0 amide bonds. The van der Waals surface area contributed by atoms with Crippen LogP contribution in [0, 0.1) is 20.8 Å². The highest BCUT2D eigenvalue weighted by molar-refractivity contribution is 14.1. The zero-order chi connectivity index (χ0) is 18.4. The van der Waals surface area contributed by atoms with Crippen molar-refractivity contribution in [3.63, 3.8) is 0 Å². The van der Waals surface area contributed by atoms with Gasteiger partial charge in [0, 0.05) is 42.9 Å². The minimum atomic E-state index is 0.538. The topological polar surface area (TPSA) is 0 Å². The zero-order valence-corrected chi connectivity index (χ0v) is 20.5. The molecule has 0 fully saturated rings. The number of rotatable bonds is 4. The molecule has 0 aliphatic heterocycles. The third-order valence-electron chi connectivity index (χ3n) is 4.26. The molecular formula is C21H19IS4. The second kappa shape index (κ2) is 7.51. The molecule has 5 heteroatoms. The van der Waals surface area contributed by atoms with Gasteiger partial charge < -0.3 is 0 Å². The first-order chi connectivity index (χ1) is 12.4. The first kappa shape index (κ1) is 18.9. The third kappa shape index (κ3) is 3.61. The first-order valence-electron chi connectivity index (χ1n) is 8.44. The Bertz CT molecular complexity index is 1060. The van der Waals surface area contributed by atoms with E-state index in [1.807, 2.05) is 45.3 Å². The Kier molecular flexibility index (Phi) is 5.45. The smallest absolute Gasteiger partial charge is 0.0488 e. The average Bonchev–Trinajstić information content (AvgIpc) is 3.32. The molecule has 4 aromatic rings. The molecule has 0 N–H and O–H groups in total. The Labute approximate surface area is 184 Å². The van der Waals surface area contributed by atoms with Gasteiger partial charge in [-0.05, 0) is 75.2 Å². The summed E-state index contributed by atoms with van der Waals surface area (Å²) in [4.78, 5) is 11.2. The Morgan fingerprint density at radius 3 is 1.73 bits per heavy atom. The van der Waals surface area contributed by atoms with Crippen LogP contribution >= 0.6 is 67.9 Å². The summed E-state index contributed by atoms with van der Waals surface area (Å²) in [5.74, 6) is 0. The molecule has 0 nitrogen and oxygen atoms in total. The quantitative estimate of drug-likeness (QED) is 0.184. The van der Waals surface area contributed by atoms with E-state index < -0.39 is 0 Å². The third-order valence-corrected chi connectivity index (χ3v) is 9.87. The van der Waals surface area contributed by atoms with E-state index in [1.54, 1.807) is 0 Å². The van der Waals surface area contributed by atoms with Gasteiger partial charge in [0.1, 0.15) is 0 Å². The number of hydrogen-bond donors (Lipinski definition) is 0. The molecule has 0 spiro atoms. The predicted octanol–water partition coefficient (Wildman–Crippen LogP) is 9.35. The fourth-order valence-electron chi connectivity index (χ4n) is 3.09. The number of alkyl halides is 1. The second-order valence-corrected chi connectivity index (χ2v) is 13.0. The van der Waals surface area contributed by atoms with E-state index in [0.717, 1.165) is 0 Å². The van der Waals surface area contributed by atoms with Crippen LogP contribution in [-0.2, 0) is 0 Å². The highest BCUT2D eigenvalue weighted by Gasteiger charge is 2.16. The van der Waals surface area contributed by atoms with Crippen LogP contribution < -0.4 is 0 Å². The summed E-state index contributed by atoms with van der Waals surface area (Å²) in [5.41, 5.74) is 2.86. The van der Waals surface area contributed by atoms with Gasteiger partial charge in [0.15, 0.2) is 0 Å². The molecule has 0 radical (unpaired) electrons. The minimum Gasteiger partial charge on any atom is -0.139 e. The zero-order valence-electron chi connectivity index (χ0n) is 15.1. The van der Waals surface area contributed by atoms with Gasteiger partial charge in [-0.2, -0.15) is 0 Å². The summed E-state index contributed by atoms with van der Waals surface area (Å²) in [6.45, 7) is 8.89. The summed E-state index contributed by atoms with van der Waals surface area (Å²) in [5, 5.41) is 0. The van der Waals surface area contributed by atoms with Crippen LogP contribution in [0.15, 0.2) is 36.4 Å². The highest BCUT2D eigenvalue weighted by atomic mass is 127. The maximum absolute atomic E-state index is 2.52. The van der Waals surface area contributed by atoms with Gasteiger partial charge in [-0.15, -0.1) is 45.3 Å². The average molecular weight is 527 g/mol. The van der Waals surface area contributed by atoms with Gasteiger partial charge >= 0.3 is 0 Å². The SMILES string of the molecule is Cc1cc(C)c(-c2ccc(-c3ccc(-c4sc(C)cc4C(C)I)s3)s2)s1. The monoisotopic (exact) mass is 526 g/mol. The van der Waals surface area contributed by atoms with E-state index in [2.05, 4.69) is 86.7 Å². The minimum absolute atomic E-state index is 0.538. The lowest BCUT2D eigenvalue weighted by Crippen LogP contribution is -1.81. The van der Waals surface area contributed by atoms with Gasteiger partial charge in [-0.3, -0.25) is 0 Å². The fraction of sp³-hybridized carbons (Fsp3) is 0.238. The molecule has 0 aliphatic carbocycles. The molecule has 4 heterocycles. The normalized spacial score (nSPS) is 12.7. The summed E-state index contributed by atoms with van der Waals surface area (Å²) < 4.78 is 0.538.